The van der Waals surface area contributed by atoms with E-state index < -0.39 is 0 Å². The maximum Gasteiger partial charge on any atom is 0.279 e. The van der Waals surface area contributed by atoms with Crippen LogP contribution in [0, 0.1) is 6.92 Å². The van der Waals surface area contributed by atoms with Crippen LogP contribution in [0.3, 0.4) is 0 Å². The van der Waals surface area contributed by atoms with Gasteiger partial charge in [-0.25, -0.2) is 0 Å². The van der Waals surface area contributed by atoms with Gasteiger partial charge in [0.25, 0.3) is 5.91 Å². The number of anilines is 1. The summed E-state index contributed by atoms with van der Waals surface area (Å²) >= 11 is 1.51. The molecule has 0 unspecified atom stereocenters. The Kier molecular flexibility index (Phi) is 5.65. The fraction of sp³-hybridized carbons (Fsp3) is 0.333. The Morgan fingerprint density at radius 1 is 1.15 bits per heavy atom. The summed E-state index contributed by atoms with van der Waals surface area (Å²) in [6.07, 6.45) is 0. The van der Waals surface area contributed by atoms with Crippen molar-refractivity contribution in [3.63, 3.8) is 0 Å². The molecule has 5 nitrogen and oxygen atoms in total. The Hall–Kier alpha value is -2.60. The maximum absolute atomic E-state index is 12.7. The van der Waals surface area contributed by atoms with Gasteiger partial charge in [-0.2, -0.15) is 4.99 Å². The van der Waals surface area contributed by atoms with E-state index in [-0.39, 0.29) is 5.91 Å². The number of ether oxygens (including phenoxy) is 1. The van der Waals surface area contributed by atoms with E-state index in [9.17, 15) is 4.79 Å². The molecule has 0 aliphatic rings. The molecule has 1 amide bonds. The van der Waals surface area contributed by atoms with Crippen LogP contribution in [0.4, 0.5) is 5.69 Å². The van der Waals surface area contributed by atoms with E-state index >= 15 is 0 Å². The first kappa shape index (κ1) is 19.2. The molecule has 0 saturated carbocycles. The third-order valence-electron chi connectivity index (χ3n) is 4.77. The first-order valence-corrected chi connectivity index (χ1v) is 9.89. The van der Waals surface area contributed by atoms with Crippen LogP contribution in [-0.4, -0.2) is 30.7 Å². The summed E-state index contributed by atoms with van der Waals surface area (Å²) in [6, 6.07) is 11.6. The smallest absolute Gasteiger partial charge is 0.279 e. The van der Waals surface area contributed by atoms with E-state index in [1.54, 1.807) is 7.11 Å². The molecule has 0 aliphatic carbocycles. The first-order valence-electron chi connectivity index (χ1n) is 9.07. The summed E-state index contributed by atoms with van der Waals surface area (Å²) in [7, 11) is 3.57. The van der Waals surface area contributed by atoms with Gasteiger partial charge in [0.15, 0.2) is 4.80 Å². The lowest BCUT2D eigenvalue weighted by atomic mass is 10.2. The Bertz CT molecular complexity index is 1030. The molecule has 2 aromatic carbocycles. The summed E-state index contributed by atoms with van der Waals surface area (Å²) in [5, 5.41) is 0. The van der Waals surface area contributed by atoms with Gasteiger partial charge in [0.2, 0.25) is 0 Å². The van der Waals surface area contributed by atoms with Crippen molar-refractivity contribution >= 4 is 33.1 Å². The number of rotatable bonds is 5. The Labute approximate surface area is 163 Å². The zero-order valence-corrected chi connectivity index (χ0v) is 17.3. The predicted octanol–water partition coefficient (Wildman–Crippen LogP) is 4.14. The van der Waals surface area contributed by atoms with Crippen LogP contribution in [0.1, 0.15) is 29.8 Å². The molecule has 142 valence electrons. The highest BCUT2D eigenvalue weighted by atomic mass is 32.1. The lowest BCUT2D eigenvalue weighted by Gasteiger charge is -2.20. The number of benzene rings is 2. The molecule has 0 bridgehead atoms. The molecule has 3 aromatic rings. The summed E-state index contributed by atoms with van der Waals surface area (Å²) in [5.74, 6) is 0.548. The van der Waals surface area contributed by atoms with Crippen molar-refractivity contribution in [3.05, 3.63) is 52.3 Å². The highest BCUT2D eigenvalue weighted by Crippen LogP contribution is 2.29. The molecule has 3 rings (SSSR count). The number of thiazole rings is 1. The molecule has 27 heavy (non-hydrogen) atoms. The molecule has 0 fully saturated rings. The summed E-state index contributed by atoms with van der Waals surface area (Å²) < 4.78 is 8.49. The number of amides is 1. The minimum atomic E-state index is -0.236. The maximum atomic E-state index is 12.7. The largest absolute Gasteiger partial charge is 0.495 e. The Balaban J connectivity index is 2.00. The fourth-order valence-corrected chi connectivity index (χ4v) is 4.28. The lowest BCUT2D eigenvalue weighted by Crippen LogP contribution is -2.21. The van der Waals surface area contributed by atoms with Crippen LogP contribution in [0.15, 0.2) is 41.4 Å². The molecule has 1 heterocycles. The molecule has 0 aliphatic heterocycles. The van der Waals surface area contributed by atoms with Crippen molar-refractivity contribution in [2.45, 2.75) is 20.8 Å². The number of fused-ring (bicyclic) bond motifs is 1. The van der Waals surface area contributed by atoms with Gasteiger partial charge in [-0.1, -0.05) is 17.4 Å². The average molecular weight is 384 g/mol. The minimum absolute atomic E-state index is 0.236. The number of carbonyl (C=O) groups excluding carboxylic acids is 1. The number of hydrogen-bond acceptors (Lipinski definition) is 4. The SMILES string of the molecule is CCN(CC)c1ccc(C(=O)N=c2sc3c(C)ccc(OC)c3n2C)cc1. The second kappa shape index (κ2) is 7.96. The average Bonchev–Trinajstić information content (AvgIpc) is 3.01. The second-order valence-corrected chi connectivity index (χ2v) is 7.32. The van der Waals surface area contributed by atoms with Gasteiger partial charge >= 0.3 is 0 Å². The first-order chi connectivity index (χ1) is 13.0. The molecule has 0 N–H and O–H groups in total. The summed E-state index contributed by atoms with van der Waals surface area (Å²) in [6.45, 7) is 8.17. The summed E-state index contributed by atoms with van der Waals surface area (Å²) in [4.78, 5) is 20.0. The van der Waals surface area contributed by atoms with E-state index in [2.05, 4.69) is 30.7 Å². The monoisotopic (exact) mass is 383 g/mol. The van der Waals surface area contributed by atoms with E-state index in [4.69, 9.17) is 4.74 Å². The van der Waals surface area contributed by atoms with Gasteiger partial charge in [-0.3, -0.25) is 4.79 Å². The van der Waals surface area contributed by atoms with Crippen molar-refractivity contribution < 1.29 is 9.53 Å². The van der Waals surface area contributed by atoms with Crippen molar-refractivity contribution in [1.82, 2.24) is 4.57 Å². The van der Waals surface area contributed by atoms with Crippen molar-refractivity contribution in [1.29, 1.82) is 0 Å². The normalized spacial score (nSPS) is 11.8. The number of methoxy groups -OCH3 is 1. The molecule has 0 radical (unpaired) electrons. The number of aromatic nitrogens is 1. The van der Waals surface area contributed by atoms with Crippen LogP contribution in [0.25, 0.3) is 10.2 Å². The van der Waals surface area contributed by atoms with Crippen LogP contribution < -0.4 is 14.4 Å². The lowest BCUT2D eigenvalue weighted by molar-refractivity contribution is 0.0998. The molecule has 1 aromatic heterocycles. The van der Waals surface area contributed by atoms with E-state index in [1.165, 1.54) is 11.3 Å². The van der Waals surface area contributed by atoms with Gasteiger partial charge in [-0.05, 0) is 56.7 Å². The molecule has 6 heteroatoms. The predicted molar refractivity (Wildman–Crippen MR) is 112 cm³/mol. The number of nitrogens with zero attached hydrogens (tertiary/aromatic N) is 3. The molecule has 0 atom stereocenters. The van der Waals surface area contributed by atoms with Crippen LogP contribution in [0.2, 0.25) is 0 Å². The Morgan fingerprint density at radius 2 is 1.81 bits per heavy atom. The van der Waals surface area contributed by atoms with Gasteiger partial charge in [-0.15, -0.1) is 0 Å². The van der Waals surface area contributed by atoms with E-state index in [0.717, 1.165) is 40.3 Å². The third kappa shape index (κ3) is 3.62. The van der Waals surface area contributed by atoms with Crippen molar-refractivity contribution in [2.75, 3.05) is 25.1 Å². The third-order valence-corrected chi connectivity index (χ3v) is 6.03. The van der Waals surface area contributed by atoms with Crippen molar-refractivity contribution in [3.8, 4) is 5.75 Å². The topological polar surface area (TPSA) is 46.8 Å². The zero-order valence-electron chi connectivity index (χ0n) is 16.4. The van der Waals surface area contributed by atoms with Crippen LogP contribution >= 0.6 is 11.3 Å². The molecule has 0 saturated heterocycles. The van der Waals surface area contributed by atoms with Gasteiger partial charge in [0.05, 0.1) is 11.8 Å². The van der Waals surface area contributed by atoms with E-state index in [1.807, 2.05) is 48.0 Å². The fourth-order valence-electron chi connectivity index (χ4n) is 3.17. The highest BCUT2D eigenvalue weighted by molar-refractivity contribution is 7.16. The second-order valence-electron chi connectivity index (χ2n) is 6.34. The van der Waals surface area contributed by atoms with Crippen LogP contribution in [-0.2, 0) is 7.05 Å². The molecular formula is C21H25N3O2S. The van der Waals surface area contributed by atoms with Gasteiger partial charge < -0.3 is 14.2 Å². The number of aryl methyl sites for hydroxylation is 2. The minimum Gasteiger partial charge on any atom is -0.495 e. The zero-order chi connectivity index (χ0) is 19.6. The van der Waals surface area contributed by atoms with Crippen molar-refractivity contribution in [2.24, 2.45) is 12.0 Å². The van der Waals surface area contributed by atoms with Gasteiger partial charge in [0.1, 0.15) is 11.3 Å². The van der Waals surface area contributed by atoms with Gasteiger partial charge in [0, 0.05) is 31.4 Å². The molecular weight excluding hydrogens is 358 g/mol. The van der Waals surface area contributed by atoms with Crippen LogP contribution in [0.5, 0.6) is 5.75 Å². The quantitative estimate of drug-likeness (QED) is 0.665. The standard InChI is InChI=1S/C21H25N3O2S/c1-6-24(7-2)16-11-9-15(10-12-16)20(25)22-21-23(4)18-17(26-5)13-8-14(3)19(18)27-21/h8-13H,6-7H2,1-5H3. The molecule has 0 spiro atoms. The Morgan fingerprint density at radius 3 is 2.41 bits per heavy atom. The highest BCUT2D eigenvalue weighted by Gasteiger charge is 2.13. The summed E-state index contributed by atoms with van der Waals surface area (Å²) in [5.41, 5.74) is 3.81. The number of hydrogen-bond donors (Lipinski definition) is 0. The van der Waals surface area contributed by atoms with E-state index in [0.29, 0.717) is 10.4 Å². The number of carbonyl (C=O) groups is 1.